The zero-order valence-corrected chi connectivity index (χ0v) is 14.4. The molecule has 0 saturated carbocycles. The van der Waals surface area contributed by atoms with Crippen molar-refractivity contribution in [2.75, 3.05) is 13.7 Å². The molecule has 0 unspecified atom stereocenters. The number of amides is 1. The lowest BCUT2D eigenvalue weighted by molar-refractivity contribution is 0.0754. The highest BCUT2D eigenvalue weighted by Crippen LogP contribution is 2.30. The van der Waals surface area contributed by atoms with Crippen molar-refractivity contribution in [2.24, 2.45) is 0 Å². The molecule has 0 N–H and O–H groups in total. The van der Waals surface area contributed by atoms with Gasteiger partial charge in [-0.15, -0.1) is 11.3 Å². The van der Waals surface area contributed by atoms with Gasteiger partial charge in [-0.2, -0.15) is 0 Å². The van der Waals surface area contributed by atoms with E-state index in [0.29, 0.717) is 24.5 Å². The number of para-hydroxylation sites is 1. The van der Waals surface area contributed by atoms with Gasteiger partial charge in [-0.25, -0.2) is 0 Å². The van der Waals surface area contributed by atoms with E-state index in [1.54, 1.807) is 12.0 Å². The molecule has 2 aromatic heterocycles. The van der Waals surface area contributed by atoms with E-state index in [1.165, 1.54) is 11.3 Å². The van der Waals surface area contributed by atoms with Crippen LogP contribution in [0, 0.1) is 0 Å². The number of carbonyl (C=O) groups is 1. The van der Waals surface area contributed by atoms with Crippen LogP contribution in [0.3, 0.4) is 0 Å². The van der Waals surface area contributed by atoms with Crippen LogP contribution in [0.25, 0.3) is 11.3 Å². The Bertz CT molecular complexity index is 811. The van der Waals surface area contributed by atoms with Crippen molar-refractivity contribution in [1.29, 1.82) is 0 Å². The molecular weight excluding hydrogens is 324 g/mol. The number of methoxy groups -OCH3 is 1. The Morgan fingerprint density at radius 3 is 2.83 bits per heavy atom. The lowest BCUT2D eigenvalue weighted by Gasteiger charge is -2.18. The Morgan fingerprint density at radius 1 is 1.29 bits per heavy atom. The van der Waals surface area contributed by atoms with Gasteiger partial charge in [0.25, 0.3) is 5.91 Å². The first-order valence-corrected chi connectivity index (χ1v) is 8.52. The van der Waals surface area contributed by atoms with E-state index >= 15 is 0 Å². The maximum absolute atomic E-state index is 12.5. The predicted molar refractivity (Wildman–Crippen MR) is 93.2 cm³/mol. The molecule has 1 amide bonds. The van der Waals surface area contributed by atoms with Crippen molar-refractivity contribution < 1.29 is 14.1 Å². The number of benzene rings is 1. The molecule has 24 heavy (non-hydrogen) atoms. The summed E-state index contributed by atoms with van der Waals surface area (Å²) in [5.41, 5.74) is 1.55. The highest BCUT2D eigenvalue weighted by atomic mass is 32.1. The number of rotatable bonds is 6. The second-order valence-electron chi connectivity index (χ2n) is 5.18. The topological polar surface area (TPSA) is 55.6 Å². The van der Waals surface area contributed by atoms with Crippen LogP contribution in [-0.4, -0.2) is 29.6 Å². The van der Waals surface area contributed by atoms with Gasteiger partial charge >= 0.3 is 0 Å². The van der Waals surface area contributed by atoms with Gasteiger partial charge in [-0.05, 0) is 30.5 Å². The van der Waals surface area contributed by atoms with Crippen LogP contribution in [0.1, 0.15) is 22.3 Å². The van der Waals surface area contributed by atoms with Gasteiger partial charge in [0.15, 0.2) is 5.76 Å². The van der Waals surface area contributed by atoms with Gasteiger partial charge in [-0.1, -0.05) is 23.4 Å². The summed E-state index contributed by atoms with van der Waals surface area (Å²) in [7, 11) is 1.62. The molecule has 3 aromatic rings. The second-order valence-corrected chi connectivity index (χ2v) is 6.13. The van der Waals surface area contributed by atoms with E-state index < -0.39 is 0 Å². The van der Waals surface area contributed by atoms with Crippen LogP contribution < -0.4 is 4.74 Å². The summed E-state index contributed by atoms with van der Waals surface area (Å²) in [5, 5.41) is 6.00. The molecular formula is C18H18N2O3S. The van der Waals surface area contributed by atoms with Gasteiger partial charge < -0.3 is 14.2 Å². The summed E-state index contributed by atoms with van der Waals surface area (Å²) in [6, 6.07) is 13.2. The van der Waals surface area contributed by atoms with Gasteiger partial charge in [0, 0.05) is 12.6 Å². The minimum atomic E-state index is 0.00865. The van der Waals surface area contributed by atoms with Crippen molar-refractivity contribution in [3.8, 4) is 17.1 Å². The molecule has 0 aliphatic rings. The Labute approximate surface area is 144 Å². The average Bonchev–Trinajstić information content (AvgIpc) is 3.31. The second kappa shape index (κ2) is 7.31. The molecule has 0 bridgehead atoms. The maximum Gasteiger partial charge on any atom is 0.264 e. The smallest absolute Gasteiger partial charge is 0.264 e. The van der Waals surface area contributed by atoms with E-state index in [1.807, 2.05) is 54.8 Å². The maximum atomic E-state index is 12.5. The standard InChI is InChI=1S/C18H18N2O3S/c1-3-20(18(21)17-9-6-10-24-17)12-13-11-16(23-19-13)14-7-4-5-8-15(14)22-2/h4-11H,3,12H2,1-2H3. The summed E-state index contributed by atoms with van der Waals surface area (Å²) >= 11 is 1.44. The van der Waals surface area contributed by atoms with Crippen LogP contribution in [0.2, 0.25) is 0 Å². The molecule has 0 radical (unpaired) electrons. The number of aromatic nitrogens is 1. The first-order valence-electron chi connectivity index (χ1n) is 7.64. The van der Waals surface area contributed by atoms with Gasteiger partial charge in [0.1, 0.15) is 11.4 Å². The fourth-order valence-electron chi connectivity index (χ4n) is 2.44. The fourth-order valence-corrected chi connectivity index (χ4v) is 3.13. The largest absolute Gasteiger partial charge is 0.496 e. The number of ether oxygens (including phenoxy) is 1. The minimum Gasteiger partial charge on any atom is -0.496 e. The van der Waals surface area contributed by atoms with E-state index in [9.17, 15) is 4.79 Å². The fraction of sp³-hybridized carbons (Fsp3) is 0.222. The lowest BCUT2D eigenvalue weighted by atomic mass is 10.1. The first kappa shape index (κ1) is 16.3. The zero-order valence-electron chi connectivity index (χ0n) is 13.6. The quantitative estimate of drug-likeness (QED) is 0.677. The Morgan fingerprint density at radius 2 is 2.12 bits per heavy atom. The number of thiophene rings is 1. The monoisotopic (exact) mass is 342 g/mol. The molecule has 0 saturated heterocycles. The third-order valence-corrected chi connectivity index (χ3v) is 4.54. The SMILES string of the molecule is CCN(Cc1cc(-c2ccccc2OC)on1)C(=O)c1cccs1. The predicted octanol–water partition coefficient (Wildman–Crippen LogP) is 4.07. The molecule has 1 aromatic carbocycles. The van der Waals surface area contributed by atoms with Crippen molar-refractivity contribution in [1.82, 2.24) is 10.1 Å². The Hall–Kier alpha value is -2.60. The van der Waals surface area contributed by atoms with Crippen molar-refractivity contribution in [2.45, 2.75) is 13.5 Å². The van der Waals surface area contributed by atoms with Gasteiger partial charge in [-0.3, -0.25) is 4.79 Å². The Kier molecular flexibility index (Phi) is 4.96. The number of hydrogen-bond acceptors (Lipinski definition) is 5. The summed E-state index contributed by atoms with van der Waals surface area (Å²) in [5.74, 6) is 1.36. The van der Waals surface area contributed by atoms with Crippen molar-refractivity contribution in [3.63, 3.8) is 0 Å². The Balaban J connectivity index is 1.79. The summed E-state index contributed by atoms with van der Waals surface area (Å²) in [6.07, 6.45) is 0. The first-order chi connectivity index (χ1) is 11.7. The molecule has 5 nitrogen and oxygen atoms in total. The number of hydrogen-bond donors (Lipinski definition) is 0. The third kappa shape index (κ3) is 3.33. The van der Waals surface area contributed by atoms with E-state index in [2.05, 4.69) is 5.16 Å². The van der Waals surface area contributed by atoms with Crippen molar-refractivity contribution in [3.05, 3.63) is 58.4 Å². The third-order valence-electron chi connectivity index (χ3n) is 3.69. The van der Waals surface area contributed by atoms with Crippen LogP contribution >= 0.6 is 11.3 Å². The van der Waals surface area contributed by atoms with Crippen LogP contribution in [-0.2, 0) is 6.54 Å². The highest BCUT2D eigenvalue weighted by Gasteiger charge is 2.18. The highest BCUT2D eigenvalue weighted by molar-refractivity contribution is 7.12. The normalized spacial score (nSPS) is 10.6. The van der Waals surface area contributed by atoms with Crippen LogP contribution in [0.4, 0.5) is 0 Å². The van der Waals surface area contributed by atoms with Crippen molar-refractivity contribution >= 4 is 17.2 Å². The molecule has 6 heteroatoms. The van der Waals surface area contributed by atoms with E-state index in [0.717, 1.165) is 16.2 Å². The molecule has 3 rings (SSSR count). The molecule has 0 fully saturated rings. The van der Waals surface area contributed by atoms with Gasteiger partial charge in [0.05, 0.1) is 24.1 Å². The summed E-state index contributed by atoms with van der Waals surface area (Å²) < 4.78 is 10.8. The lowest BCUT2D eigenvalue weighted by Crippen LogP contribution is -2.29. The average molecular weight is 342 g/mol. The van der Waals surface area contributed by atoms with Gasteiger partial charge in [0.2, 0.25) is 0 Å². The summed E-state index contributed by atoms with van der Waals surface area (Å²) in [4.78, 5) is 14.9. The molecule has 0 aliphatic heterocycles. The molecule has 0 aliphatic carbocycles. The summed E-state index contributed by atoms with van der Waals surface area (Å²) in [6.45, 7) is 2.96. The molecule has 124 valence electrons. The molecule has 2 heterocycles. The van der Waals surface area contributed by atoms with E-state index in [-0.39, 0.29) is 5.91 Å². The zero-order chi connectivity index (χ0) is 16.9. The van der Waals surface area contributed by atoms with E-state index in [4.69, 9.17) is 9.26 Å². The van der Waals surface area contributed by atoms with Crippen LogP contribution in [0.15, 0.2) is 52.4 Å². The number of carbonyl (C=O) groups excluding carboxylic acids is 1. The molecule has 0 spiro atoms. The van der Waals surface area contributed by atoms with Crippen LogP contribution in [0.5, 0.6) is 5.75 Å². The minimum absolute atomic E-state index is 0.00865. The molecule has 0 atom stereocenters. The number of nitrogens with zero attached hydrogens (tertiary/aromatic N) is 2.